The summed E-state index contributed by atoms with van der Waals surface area (Å²) in [6, 6.07) is 22.5. The molecule has 0 radical (unpaired) electrons. The number of carbonyl (C=O) groups excluding carboxylic acids is 1. The van der Waals surface area contributed by atoms with Gasteiger partial charge in [0.1, 0.15) is 0 Å². The van der Waals surface area contributed by atoms with Gasteiger partial charge in [0.05, 0.1) is 0 Å². The molecule has 0 aliphatic rings. The number of hydrogen-bond donors (Lipinski definition) is 2. The number of hydrogen-bond acceptors (Lipinski definition) is 3. The van der Waals surface area contributed by atoms with Gasteiger partial charge >= 0.3 is 6.09 Å². The molecule has 114 valence electrons. The first-order valence-corrected chi connectivity index (χ1v) is 7.08. The van der Waals surface area contributed by atoms with Gasteiger partial charge in [0.15, 0.2) is 5.84 Å². The van der Waals surface area contributed by atoms with Gasteiger partial charge in [-0.05, 0) is 22.9 Å². The first kappa shape index (κ1) is 14.6. The number of nitrogens with zero attached hydrogens (tertiary/aromatic N) is 1. The molecule has 5 nitrogen and oxygen atoms in total. The van der Waals surface area contributed by atoms with E-state index in [1.165, 1.54) is 0 Å². The minimum atomic E-state index is -0.695. The molecule has 0 heterocycles. The van der Waals surface area contributed by atoms with Crippen LogP contribution in [0.4, 0.5) is 10.5 Å². The third kappa shape index (κ3) is 3.65. The molecule has 1 amide bonds. The lowest BCUT2D eigenvalue weighted by molar-refractivity contribution is 0.166. The van der Waals surface area contributed by atoms with Gasteiger partial charge in [-0.1, -0.05) is 65.8 Å². The van der Waals surface area contributed by atoms with Crippen LogP contribution in [0.3, 0.4) is 0 Å². The highest BCUT2D eigenvalue weighted by atomic mass is 16.7. The number of carbonyl (C=O) groups is 1. The van der Waals surface area contributed by atoms with Gasteiger partial charge in [0.25, 0.3) is 0 Å². The van der Waals surface area contributed by atoms with E-state index in [9.17, 15) is 4.79 Å². The van der Waals surface area contributed by atoms with Crippen molar-refractivity contribution in [2.75, 3.05) is 5.32 Å². The first-order valence-electron chi connectivity index (χ1n) is 7.08. The van der Waals surface area contributed by atoms with Gasteiger partial charge in [0, 0.05) is 11.3 Å². The number of nitrogens with one attached hydrogen (secondary N) is 1. The lowest BCUT2D eigenvalue weighted by atomic mass is 10.1. The van der Waals surface area contributed by atoms with Crippen molar-refractivity contribution in [1.82, 2.24) is 0 Å². The molecule has 0 saturated carbocycles. The van der Waals surface area contributed by atoms with E-state index in [2.05, 4.69) is 10.5 Å². The number of benzene rings is 3. The van der Waals surface area contributed by atoms with Crippen LogP contribution in [-0.4, -0.2) is 11.9 Å². The van der Waals surface area contributed by atoms with Crippen molar-refractivity contribution in [3.05, 3.63) is 78.4 Å². The molecule has 3 rings (SSSR count). The number of oxime groups is 1. The lowest BCUT2D eigenvalue weighted by Crippen LogP contribution is -2.17. The Morgan fingerprint density at radius 2 is 1.61 bits per heavy atom. The van der Waals surface area contributed by atoms with Gasteiger partial charge < -0.3 is 5.73 Å². The summed E-state index contributed by atoms with van der Waals surface area (Å²) in [7, 11) is 0. The van der Waals surface area contributed by atoms with E-state index in [0.29, 0.717) is 11.3 Å². The quantitative estimate of drug-likeness (QED) is 0.335. The van der Waals surface area contributed by atoms with Crippen molar-refractivity contribution in [1.29, 1.82) is 0 Å². The zero-order valence-corrected chi connectivity index (χ0v) is 12.3. The molecule has 0 fully saturated rings. The van der Waals surface area contributed by atoms with Gasteiger partial charge in [-0.15, -0.1) is 0 Å². The van der Waals surface area contributed by atoms with Gasteiger partial charge in [-0.2, -0.15) is 0 Å². The van der Waals surface area contributed by atoms with Crippen LogP contribution in [0.25, 0.3) is 10.8 Å². The molecule has 0 bridgehead atoms. The zero-order valence-electron chi connectivity index (χ0n) is 12.3. The number of anilines is 1. The minimum absolute atomic E-state index is 0.138. The molecule has 0 aromatic heterocycles. The standard InChI is InChI=1S/C18H15N3O2/c19-17(14-7-2-1-3-8-14)21-23-18(22)20-16-11-10-13-6-4-5-9-15(13)12-16/h1-12H,(H2,19,21)(H,20,22). The molecule has 3 aromatic carbocycles. The van der Waals surface area contributed by atoms with E-state index >= 15 is 0 Å². The second kappa shape index (κ2) is 6.62. The summed E-state index contributed by atoms with van der Waals surface area (Å²) in [5, 5.41) is 8.37. The molecule has 5 heteroatoms. The first-order chi connectivity index (χ1) is 11.2. The van der Waals surface area contributed by atoms with Gasteiger partial charge in [-0.3, -0.25) is 10.2 Å². The van der Waals surface area contributed by atoms with Crippen molar-refractivity contribution in [2.24, 2.45) is 10.9 Å². The molecule has 0 aliphatic carbocycles. The maximum Gasteiger partial charge on any atom is 0.437 e. The van der Waals surface area contributed by atoms with Crippen molar-refractivity contribution in [3.63, 3.8) is 0 Å². The molecular weight excluding hydrogens is 290 g/mol. The van der Waals surface area contributed by atoms with Gasteiger partial charge in [-0.25, -0.2) is 4.79 Å². The summed E-state index contributed by atoms with van der Waals surface area (Å²) in [5.74, 6) is 0.138. The number of amidine groups is 1. The van der Waals surface area contributed by atoms with Crippen molar-refractivity contribution in [2.45, 2.75) is 0 Å². The molecule has 23 heavy (non-hydrogen) atoms. The second-order valence-corrected chi connectivity index (χ2v) is 4.91. The summed E-state index contributed by atoms with van der Waals surface area (Å²) in [4.78, 5) is 16.6. The molecule has 3 aromatic rings. The predicted octanol–water partition coefficient (Wildman–Crippen LogP) is 3.71. The lowest BCUT2D eigenvalue weighted by Gasteiger charge is -2.05. The molecule has 0 unspecified atom stereocenters. The Morgan fingerprint density at radius 1 is 0.913 bits per heavy atom. The summed E-state index contributed by atoms with van der Waals surface area (Å²) < 4.78 is 0. The maximum atomic E-state index is 11.8. The van der Waals surface area contributed by atoms with Crippen molar-refractivity contribution in [3.8, 4) is 0 Å². The highest BCUT2D eigenvalue weighted by Gasteiger charge is 2.05. The van der Waals surface area contributed by atoms with Crippen LogP contribution in [0, 0.1) is 0 Å². The van der Waals surface area contributed by atoms with Crippen LogP contribution in [0.2, 0.25) is 0 Å². The Kier molecular flexibility index (Phi) is 4.20. The average molecular weight is 305 g/mol. The molecule has 0 atom stereocenters. The van der Waals surface area contributed by atoms with Gasteiger partial charge in [0.2, 0.25) is 0 Å². The minimum Gasteiger partial charge on any atom is -0.380 e. The summed E-state index contributed by atoms with van der Waals surface area (Å²) in [5.41, 5.74) is 7.07. The number of nitrogens with two attached hydrogens (primary N) is 1. The Labute approximate surface area is 133 Å². The Morgan fingerprint density at radius 3 is 2.39 bits per heavy atom. The highest BCUT2D eigenvalue weighted by molar-refractivity contribution is 5.98. The fraction of sp³-hybridized carbons (Fsp3) is 0. The van der Waals surface area contributed by atoms with E-state index in [4.69, 9.17) is 10.6 Å². The Hall–Kier alpha value is -3.34. The normalized spacial score (nSPS) is 11.2. The van der Waals surface area contributed by atoms with Crippen molar-refractivity contribution >= 4 is 28.4 Å². The predicted molar refractivity (Wildman–Crippen MR) is 91.2 cm³/mol. The molecule has 0 saturated heterocycles. The Bertz CT molecular complexity index is 860. The fourth-order valence-electron chi connectivity index (χ4n) is 2.16. The monoisotopic (exact) mass is 305 g/mol. The molecule has 0 spiro atoms. The number of rotatable bonds is 3. The van der Waals surface area contributed by atoms with E-state index in [1.807, 2.05) is 54.6 Å². The number of fused-ring (bicyclic) bond motifs is 1. The van der Waals surface area contributed by atoms with E-state index in [0.717, 1.165) is 10.8 Å². The third-order valence-corrected chi connectivity index (χ3v) is 3.29. The van der Waals surface area contributed by atoms with Crippen LogP contribution >= 0.6 is 0 Å². The van der Waals surface area contributed by atoms with Crippen LogP contribution in [0.5, 0.6) is 0 Å². The smallest absolute Gasteiger partial charge is 0.380 e. The van der Waals surface area contributed by atoms with E-state index in [-0.39, 0.29) is 5.84 Å². The molecule has 0 aliphatic heterocycles. The second-order valence-electron chi connectivity index (χ2n) is 4.91. The van der Waals surface area contributed by atoms with Crippen molar-refractivity contribution < 1.29 is 9.63 Å². The van der Waals surface area contributed by atoms with Crippen LogP contribution in [-0.2, 0) is 4.84 Å². The largest absolute Gasteiger partial charge is 0.437 e. The van der Waals surface area contributed by atoms with Crippen LogP contribution in [0.15, 0.2) is 78.0 Å². The van der Waals surface area contributed by atoms with E-state index in [1.54, 1.807) is 18.2 Å². The molecular formula is C18H15N3O2. The highest BCUT2D eigenvalue weighted by Crippen LogP contribution is 2.18. The summed E-state index contributed by atoms with van der Waals surface area (Å²) in [6.45, 7) is 0. The third-order valence-electron chi connectivity index (χ3n) is 3.29. The summed E-state index contributed by atoms with van der Waals surface area (Å²) in [6.07, 6.45) is -0.695. The Balaban J connectivity index is 1.66. The SMILES string of the molecule is NC(=NOC(=O)Nc1ccc2ccccc2c1)c1ccccc1. The van der Waals surface area contributed by atoms with Crippen LogP contribution in [0.1, 0.15) is 5.56 Å². The average Bonchev–Trinajstić information content (AvgIpc) is 2.60. The van der Waals surface area contributed by atoms with Crippen LogP contribution < -0.4 is 11.1 Å². The topological polar surface area (TPSA) is 76.7 Å². The zero-order chi connectivity index (χ0) is 16.1. The number of amides is 1. The maximum absolute atomic E-state index is 11.8. The fourth-order valence-corrected chi connectivity index (χ4v) is 2.16. The summed E-state index contributed by atoms with van der Waals surface area (Å²) >= 11 is 0. The van der Waals surface area contributed by atoms with E-state index < -0.39 is 6.09 Å². The molecule has 3 N–H and O–H groups in total.